The maximum Gasteiger partial charge on any atom is 0.267 e. The van der Waals surface area contributed by atoms with Gasteiger partial charge in [-0.3, -0.25) is 9.59 Å². The highest BCUT2D eigenvalue weighted by Gasteiger charge is 2.13. The van der Waals surface area contributed by atoms with Crippen LogP contribution < -0.4 is 11.1 Å². The van der Waals surface area contributed by atoms with Gasteiger partial charge in [0.25, 0.3) is 5.91 Å². The predicted molar refractivity (Wildman–Crippen MR) is 84.7 cm³/mol. The first-order valence-electron chi connectivity index (χ1n) is 6.94. The van der Waals surface area contributed by atoms with Crippen molar-refractivity contribution in [2.45, 2.75) is 20.3 Å². The number of amides is 2. The third-order valence-corrected chi connectivity index (χ3v) is 3.27. The Morgan fingerprint density at radius 3 is 2.77 bits per heavy atom. The van der Waals surface area contributed by atoms with Gasteiger partial charge in [-0.05, 0) is 44.0 Å². The van der Waals surface area contributed by atoms with Crippen molar-refractivity contribution in [1.29, 1.82) is 5.26 Å². The molecule has 0 unspecified atom stereocenters. The number of carbonyl (C=O) groups is 2. The molecule has 116 valence electrons. The minimum absolute atomic E-state index is 0.134. The molecule has 2 amide bonds. The molecule has 0 atom stereocenters. The summed E-state index contributed by atoms with van der Waals surface area (Å²) in [6.07, 6.45) is 2.40. The lowest BCUT2D eigenvalue weighted by Gasteiger charge is -2.13. The van der Waals surface area contributed by atoms with Crippen molar-refractivity contribution < 1.29 is 9.59 Å². The van der Waals surface area contributed by atoms with Gasteiger partial charge in [0, 0.05) is 18.4 Å². The largest absolute Gasteiger partial charge is 0.330 e. The lowest BCUT2D eigenvalue weighted by atomic mass is 10.1. The van der Waals surface area contributed by atoms with Crippen LogP contribution in [0, 0.1) is 25.2 Å². The first kappa shape index (κ1) is 17.4. The molecule has 0 aromatic heterocycles. The Balaban J connectivity index is 2.90. The summed E-state index contributed by atoms with van der Waals surface area (Å²) in [5.41, 5.74) is 7.86. The number of benzene rings is 1. The summed E-state index contributed by atoms with van der Waals surface area (Å²) in [6.45, 7) is 4.61. The molecule has 0 spiro atoms. The lowest BCUT2D eigenvalue weighted by molar-refractivity contribution is -0.116. The van der Waals surface area contributed by atoms with Gasteiger partial charge in [-0.2, -0.15) is 5.26 Å². The number of aryl methyl sites for hydroxylation is 1. The number of carbonyl (C=O) groups excluding carboxylic acids is 2. The van der Waals surface area contributed by atoms with E-state index >= 15 is 0 Å². The zero-order valence-electron chi connectivity index (χ0n) is 12.8. The molecule has 0 radical (unpaired) electrons. The zero-order valence-corrected chi connectivity index (χ0v) is 12.8. The SMILES string of the molecule is Cc1cccc(NC(=O)/C(C#N)=C\N(C=O)CCCN)c1C. The monoisotopic (exact) mass is 300 g/mol. The fraction of sp³-hybridized carbons (Fsp3) is 0.312. The van der Waals surface area contributed by atoms with E-state index in [-0.39, 0.29) is 5.57 Å². The molecular weight excluding hydrogens is 280 g/mol. The molecule has 0 saturated carbocycles. The molecule has 0 aliphatic rings. The molecule has 6 nitrogen and oxygen atoms in total. The maximum absolute atomic E-state index is 12.2. The predicted octanol–water partition coefficient (Wildman–Crippen LogP) is 1.46. The van der Waals surface area contributed by atoms with Crippen LogP contribution in [0.5, 0.6) is 0 Å². The normalized spacial score (nSPS) is 10.7. The van der Waals surface area contributed by atoms with Crippen molar-refractivity contribution >= 4 is 18.0 Å². The fourth-order valence-corrected chi connectivity index (χ4v) is 1.80. The molecule has 0 saturated heterocycles. The molecule has 6 heteroatoms. The minimum Gasteiger partial charge on any atom is -0.330 e. The van der Waals surface area contributed by atoms with Crippen molar-refractivity contribution in [3.63, 3.8) is 0 Å². The average Bonchev–Trinajstić information content (AvgIpc) is 2.52. The van der Waals surface area contributed by atoms with Crippen LogP contribution in [0.2, 0.25) is 0 Å². The van der Waals surface area contributed by atoms with Gasteiger partial charge in [-0.15, -0.1) is 0 Å². The molecule has 0 aliphatic carbocycles. The van der Waals surface area contributed by atoms with Gasteiger partial charge in [0.05, 0.1) is 0 Å². The maximum atomic E-state index is 12.2. The van der Waals surface area contributed by atoms with Gasteiger partial charge < -0.3 is 16.0 Å². The number of nitrogens with two attached hydrogens (primary N) is 1. The van der Waals surface area contributed by atoms with Crippen LogP contribution in [0.3, 0.4) is 0 Å². The minimum atomic E-state index is -0.546. The summed E-state index contributed by atoms with van der Waals surface area (Å²) in [4.78, 5) is 24.3. The highest BCUT2D eigenvalue weighted by atomic mass is 16.2. The molecule has 1 aromatic carbocycles. The smallest absolute Gasteiger partial charge is 0.267 e. The number of rotatable bonds is 7. The van der Waals surface area contributed by atoms with E-state index in [2.05, 4.69) is 5.32 Å². The number of nitrogens with zero attached hydrogens (tertiary/aromatic N) is 2. The van der Waals surface area contributed by atoms with Crippen LogP contribution in [-0.4, -0.2) is 30.3 Å². The number of hydrogen-bond donors (Lipinski definition) is 2. The highest BCUT2D eigenvalue weighted by molar-refractivity contribution is 6.07. The Morgan fingerprint density at radius 1 is 1.45 bits per heavy atom. The van der Waals surface area contributed by atoms with Gasteiger partial charge in [0.2, 0.25) is 6.41 Å². The Kier molecular flexibility index (Phi) is 6.80. The van der Waals surface area contributed by atoms with Crippen LogP contribution in [-0.2, 0) is 9.59 Å². The molecule has 0 bridgehead atoms. The molecule has 1 rings (SSSR count). The van der Waals surface area contributed by atoms with Crippen LogP contribution in [0.25, 0.3) is 0 Å². The van der Waals surface area contributed by atoms with Crippen molar-refractivity contribution in [1.82, 2.24) is 4.90 Å². The summed E-state index contributed by atoms with van der Waals surface area (Å²) in [5.74, 6) is -0.546. The summed E-state index contributed by atoms with van der Waals surface area (Å²) < 4.78 is 0. The van der Waals surface area contributed by atoms with E-state index in [1.165, 1.54) is 11.1 Å². The molecule has 22 heavy (non-hydrogen) atoms. The molecule has 0 aliphatic heterocycles. The topological polar surface area (TPSA) is 99.2 Å². The second-order valence-corrected chi connectivity index (χ2v) is 4.84. The van der Waals surface area contributed by atoms with Crippen molar-refractivity contribution in [2.24, 2.45) is 5.73 Å². The summed E-state index contributed by atoms with van der Waals surface area (Å²) in [7, 11) is 0. The summed E-state index contributed by atoms with van der Waals surface area (Å²) in [5, 5.41) is 11.8. The van der Waals surface area contributed by atoms with Gasteiger partial charge in [-0.25, -0.2) is 0 Å². The quantitative estimate of drug-likeness (QED) is 0.452. The molecule has 0 heterocycles. The van der Waals surface area contributed by atoms with E-state index in [0.717, 1.165) is 11.1 Å². The van der Waals surface area contributed by atoms with Gasteiger partial charge in [0.1, 0.15) is 11.6 Å². The van der Waals surface area contributed by atoms with Crippen molar-refractivity contribution in [3.8, 4) is 6.07 Å². The molecule has 1 aromatic rings. The zero-order chi connectivity index (χ0) is 16.5. The third-order valence-electron chi connectivity index (χ3n) is 3.27. The first-order valence-corrected chi connectivity index (χ1v) is 6.94. The van der Waals surface area contributed by atoms with E-state index in [1.54, 1.807) is 6.07 Å². The number of nitriles is 1. The standard InChI is InChI=1S/C16H20N4O2/c1-12-5-3-6-15(13(12)2)19-16(22)14(9-18)10-20(11-21)8-4-7-17/h3,5-6,10-11H,4,7-8,17H2,1-2H3,(H,19,22)/b14-10-. The Bertz CT molecular complexity index is 617. The summed E-state index contributed by atoms with van der Waals surface area (Å²) in [6, 6.07) is 7.34. The second kappa shape index (κ2) is 8.60. The fourth-order valence-electron chi connectivity index (χ4n) is 1.80. The van der Waals surface area contributed by atoms with Crippen molar-refractivity contribution in [2.75, 3.05) is 18.4 Å². The molecule has 0 fully saturated rings. The van der Waals surface area contributed by atoms with E-state index < -0.39 is 5.91 Å². The van der Waals surface area contributed by atoms with E-state index in [0.29, 0.717) is 31.6 Å². The van der Waals surface area contributed by atoms with E-state index in [1.807, 2.05) is 32.0 Å². The van der Waals surface area contributed by atoms with E-state index in [9.17, 15) is 9.59 Å². The number of anilines is 1. The molecular formula is C16H20N4O2. The van der Waals surface area contributed by atoms with Crippen LogP contribution in [0.15, 0.2) is 30.0 Å². The third kappa shape index (κ3) is 4.72. The lowest BCUT2D eigenvalue weighted by Crippen LogP contribution is -2.22. The van der Waals surface area contributed by atoms with Crippen LogP contribution in [0.4, 0.5) is 5.69 Å². The van der Waals surface area contributed by atoms with Crippen molar-refractivity contribution in [3.05, 3.63) is 41.1 Å². The number of nitrogens with one attached hydrogen (secondary N) is 1. The average molecular weight is 300 g/mol. The van der Waals surface area contributed by atoms with Crippen LogP contribution >= 0.6 is 0 Å². The van der Waals surface area contributed by atoms with Crippen LogP contribution in [0.1, 0.15) is 17.5 Å². The van der Waals surface area contributed by atoms with Gasteiger partial charge >= 0.3 is 0 Å². The highest BCUT2D eigenvalue weighted by Crippen LogP contribution is 2.18. The molecule has 3 N–H and O–H groups in total. The van der Waals surface area contributed by atoms with Gasteiger partial charge in [-0.1, -0.05) is 12.1 Å². The van der Waals surface area contributed by atoms with Gasteiger partial charge in [0.15, 0.2) is 0 Å². The first-order chi connectivity index (χ1) is 10.5. The number of hydrogen-bond acceptors (Lipinski definition) is 4. The second-order valence-electron chi connectivity index (χ2n) is 4.84. The Labute approximate surface area is 130 Å². The van der Waals surface area contributed by atoms with E-state index in [4.69, 9.17) is 11.0 Å². The Hall–Kier alpha value is -2.65. The summed E-state index contributed by atoms with van der Waals surface area (Å²) >= 11 is 0. The Morgan fingerprint density at radius 2 is 2.18 bits per heavy atom.